The van der Waals surface area contributed by atoms with E-state index in [1.807, 2.05) is 20.1 Å². The van der Waals surface area contributed by atoms with Crippen LogP contribution in [-0.4, -0.2) is 169 Å². The molecule has 10 amide bonds. The molecule has 1 aliphatic carbocycles. The number of carbonyl (C=O) groups is 11. The van der Waals surface area contributed by atoms with Gasteiger partial charge in [0.2, 0.25) is 59.1 Å². The van der Waals surface area contributed by atoms with Crippen molar-refractivity contribution in [1.82, 2.24) is 62.8 Å². The van der Waals surface area contributed by atoms with Gasteiger partial charge >= 0.3 is 5.97 Å². The van der Waals surface area contributed by atoms with Crippen molar-refractivity contribution in [2.75, 3.05) is 30.4 Å². The fourth-order valence-electron chi connectivity index (χ4n) is 11.4. The highest BCUT2D eigenvalue weighted by molar-refractivity contribution is 7.98. The molecule has 0 fully saturated rings. The number of thiocarbonyl (C=S) groups is 1. The molecule has 550 valence electrons. The highest BCUT2D eigenvalue weighted by Crippen LogP contribution is 2.42. The maximum Gasteiger partial charge on any atom is 0.336 e. The number of phenolic OH excluding ortho intramolecular Hbond substituents is 1. The first-order chi connectivity index (χ1) is 49.0. The van der Waals surface area contributed by atoms with Crippen molar-refractivity contribution in [1.29, 1.82) is 0 Å². The van der Waals surface area contributed by atoms with Crippen molar-refractivity contribution in [3.63, 3.8) is 0 Å². The molecule has 33 heteroatoms. The topological polar surface area (TPSA) is 501 Å². The zero-order valence-electron chi connectivity index (χ0n) is 57.7. The Morgan fingerprint density at radius 3 is 1.99 bits per heavy atom. The molecule has 0 saturated carbocycles. The van der Waals surface area contributed by atoms with E-state index in [0.717, 1.165) is 0 Å². The number of fused-ring (bicyclic) bond motifs is 3. The number of benzene rings is 4. The Hall–Kier alpha value is -10.9. The number of carboxylic acid groups (broad SMARTS) is 1. The number of phenols is 1. The molecule has 20 N–H and O–H groups in total. The van der Waals surface area contributed by atoms with Crippen LogP contribution in [0.2, 0.25) is 0 Å². The molecule has 2 aromatic heterocycles. The van der Waals surface area contributed by atoms with Gasteiger partial charge in [0, 0.05) is 76.9 Å². The summed E-state index contributed by atoms with van der Waals surface area (Å²) in [4.78, 5) is 173. The first kappa shape index (κ1) is 79.4. The van der Waals surface area contributed by atoms with Crippen molar-refractivity contribution in [2.24, 2.45) is 29.0 Å². The summed E-state index contributed by atoms with van der Waals surface area (Å²) in [5, 5.41) is 48.8. The fraction of sp³-hybridized carbons (Fsp3) is 0.400. The predicted molar refractivity (Wildman–Crippen MR) is 391 cm³/mol. The van der Waals surface area contributed by atoms with E-state index < -0.39 is 132 Å². The van der Waals surface area contributed by atoms with E-state index in [9.17, 15) is 67.7 Å². The Balaban J connectivity index is 1.04. The molecule has 2 aliphatic rings. The largest absolute Gasteiger partial charge is 0.508 e. The Labute approximate surface area is 602 Å². The molecule has 5 aromatic rings. The highest BCUT2D eigenvalue weighted by Gasteiger charge is 2.35. The van der Waals surface area contributed by atoms with Crippen LogP contribution in [0, 0.1) is 11.8 Å². The average molecular weight is 1460 g/mol. The third kappa shape index (κ3) is 22.8. The molecule has 103 heavy (non-hydrogen) atoms. The smallest absolute Gasteiger partial charge is 0.336 e. The quantitative estimate of drug-likeness (QED) is 0.0150. The van der Waals surface area contributed by atoms with Crippen LogP contribution in [-0.2, 0) is 60.8 Å². The number of primary amides is 2. The fourth-order valence-corrected chi connectivity index (χ4v) is 12.1. The number of anilines is 1. The number of nitrogens with one attached hydrogen (secondary N) is 12. The van der Waals surface area contributed by atoms with Crippen LogP contribution in [0.4, 0.5) is 5.69 Å². The summed E-state index contributed by atoms with van der Waals surface area (Å²) in [6, 6.07) is 9.53. The zero-order valence-corrected chi connectivity index (χ0v) is 59.3. The zero-order chi connectivity index (χ0) is 75.2. The number of para-hydroxylation sites is 1. The first-order valence-corrected chi connectivity index (χ1v) is 35.2. The second kappa shape index (κ2) is 37.7. The summed E-state index contributed by atoms with van der Waals surface area (Å²) in [6.07, 6.45) is 6.58. The Kier molecular flexibility index (Phi) is 29.0. The standard InChI is InChI=1S/C70H88N16O15S2/c1-35(2)25-52(66(96)81-49(61(73)91)22-24-103-6)83-67(97)54(28-40-32-74-34-77-40)80-58(90)33-76-68(98)60(36(3)4)86-62(92)37(5)78-65(95)53(26-38-31-75-48-12-8-7-11-43(38)48)84-64(94)51(20-21-57(72)89)82-63(93)50(13-9-10-23-71)85-70(102)79-39-14-17-44(47(27-39)69(99)100)59-45-18-15-41(87)29-55(45)101-56-30-42(88)16-19-46(56)59/h7-8,11-12,14-19,27,29-32,34-37,49-54,60,75,87H,9-10,13,20-26,28,33,71H2,1-6H3,(H2,72,89)(H2,73,91)(H,74,77)(H,76,98)(H,78,95)(H,80,90)(H,81,96)(H,82,93)(H,83,97)(H,84,94)(H,86,92)(H,99,100)(H2,79,85,102)/t37-,49-,50-,51-,52-,53-,54-,60-/m0/s1. The van der Waals surface area contributed by atoms with Gasteiger partial charge in [-0.15, -0.1) is 0 Å². The van der Waals surface area contributed by atoms with E-state index in [0.29, 0.717) is 57.3 Å². The van der Waals surface area contributed by atoms with E-state index in [1.54, 1.807) is 56.4 Å². The number of carboxylic acids is 1. The minimum Gasteiger partial charge on any atom is -0.508 e. The number of imidazole rings is 1. The van der Waals surface area contributed by atoms with Gasteiger partial charge in [-0.05, 0) is 142 Å². The van der Waals surface area contributed by atoms with Gasteiger partial charge in [0.25, 0.3) is 0 Å². The van der Waals surface area contributed by atoms with E-state index in [4.69, 9.17) is 33.8 Å². The van der Waals surface area contributed by atoms with Crippen LogP contribution in [0.1, 0.15) is 101 Å². The number of aromatic nitrogens is 3. The molecule has 1 aliphatic heterocycles. The van der Waals surface area contributed by atoms with E-state index >= 15 is 0 Å². The number of hydrogen-bond donors (Lipinski definition) is 17. The number of H-pyrrole nitrogens is 2. The van der Waals surface area contributed by atoms with E-state index in [1.165, 1.54) is 73.7 Å². The molecule has 0 radical (unpaired) electrons. The molecule has 0 spiro atoms. The summed E-state index contributed by atoms with van der Waals surface area (Å²) in [5.41, 5.74) is 19.5. The number of aromatic hydroxyl groups is 1. The molecule has 3 aromatic carbocycles. The van der Waals surface area contributed by atoms with E-state index in [-0.39, 0.29) is 95.4 Å². The molecular weight excluding hydrogens is 1370 g/mol. The third-order valence-corrected chi connectivity index (χ3v) is 17.6. The number of nitrogens with two attached hydrogens (primary N) is 3. The van der Waals surface area contributed by atoms with Crippen molar-refractivity contribution in [2.45, 2.75) is 141 Å². The summed E-state index contributed by atoms with van der Waals surface area (Å²) in [7, 11) is 0. The van der Waals surface area contributed by atoms with Crippen molar-refractivity contribution in [3.8, 4) is 28.2 Å². The van der Waals surface area contributed by atoms with Crippen LogP contribution >= 0.6 is 24.0 Å². The average Bonchev–Trinajstić information content (AvgIpc) is 0.973. The Bertz CT molecular complexity index is 4260. The lowest BCUT2D eigenvalue weighted by Crippen LogP contribution is -2.60. The van der Waals surface area contributed by atoms with E-state index in [2.05, 4.69) is 68.1 Å². The van der Waals surface area contributed by atoms with Crippen LogP contribution < -0.4 is 75.8 Å². The van der Waals surface area contributed by atoms with Gasteiger partial charge in [-0.1, -0.05) is 52.0 Å². The number of carbonyl (C=O) groups excluding carboxylic acids is 10. The monoisotopic (exact) mass is 1460 g/mol. The predicted octanol–water partition coefficient (Wildman–Crippen LogP) is 2.18. The number of thioether (sulfide) groups is 1. The van der Waals surface area contributed by atoms with Crippen molar-refractivity contribution >= 4 is 122 Å². The van der Waals surface area contributed by atoms with Crippen LogP contribution in [0.5, 0.6) is 5.75 Å². The molecule has 8 atom stereocenters. The lowest BCUT2D eigenvalue weighted by atomic mass is 9.90. The first-order valence-electron chi connectivity index (χ1n) is 33.4. The molecule has 0 unspecified atom stereocenters. The van der Waals surface area contributed by atoms with Gasteiger partial charge in [0.1, 0.15) is 65.4 Å². The van der Waals surface area contributed by atoms with Crippen LogP contribution in [0.3, 0.4) is 0 Å². The van der Waals surface area contributed by atoms with Gasteiger partial charge in [-0.2, -0.15) is 11.8 Å². The maximum absolute atomic E-state index is 14.7. The molecule has 3 heterocycles. The van der Waals surface area contributed by atoms with Crippen LogP contribution in [0.15, 0.2) is 107 Å². The van der Waals surface area contributed by atoms with Gasteiger partial charge in [-0.3, -0.25) is 52.7 Å². The van der Waals surface area contributed by atoms with Gasteiger partial charge < -0.3 is 95.0 Å². The SMILES string of the molecule is CSCC[C@H](NC(=O)[C@H](CC(C)C)NC(=O)[C@H](Cc1c[nH]cn1)NC(=O)CNC(=O)[C@@H](NC(=O)[C@H](C)NC(=O)[C@H](Cc1c[nH]c2ccccc12)NC(=O)[C@H](CCC(N)=O)NC(=O)[C@H](CCCCN)NC(=S)Nc1ccc(-c2c3ccc(=O)cc-3oc3cc(O)ccc23)c(C(=O)O)c1)C(C)C)C(N)=O. The van der Waals surface area contributed by atoms with Gasteiger partial charge in [0.15, 0.2) is 10.5 Å². The number of rotatable bonds is 38. The highest BCUT2D eigenvalue weighted by atomic mass is 32.2. The number of aromatic amines is 2. The number of aromatic carboxylic acids is 1. The lowest BCUT2D eigenvalue weighted by molar-refractivity contribution is -0.135. The molecule has 0 bridgehead atoms. The number of hydrogen-bond acceptors (Lipinski definition) is 18. The summed E-state index contributed by atoms with van der Waals surface area (Å²) in [6.45, 7) is 7.80. The number of amides is 10. The molecule has 7 rings (SSSR count). The number of unbranched alkanes of at least 4 members (excludes halogenated alkanes) is 1. The normalized spacial score (nSPS) is 13.6. The van der Waals surface area contributed by atoms with Crippen molar-refractivity contribution < 1.29 is 67.4 Å². The molecular formula is C70H88N16O15S2. The minimum atomic E-state index is -1.53. The second-order valence-corrected chi connectivity index (χ2v) is 26.9. The summed E-state index contributed by atoms with van der Waals surface area (Å²) < 4.78 is 5.96. The number of nitrogens with zero attached hydrogens (tertiary/aromatic N) is 1. The minimum absolute atomic E-state index is 0.0905. The molecule has 0 saturated heterocycles. The Morgan fingerprint density at radius 2 is 1.32 bits per heavy atom. The molecule has 31 nitrogen and oxygen atoms in total. The summed E-state index contributed by atoms with van der Waals surface area (Å²) in [5.74, 6) is -9.62. The van der Waals surface area contributed by atoms with Gasteiger partial charge in [0.05, 0.1) is 24.1 Å². The summed E-state index contributed by atoms with van der Waals surface area (Å²) >= 11 is 7.15. The van der Waals surface area contributed by atoms with Gasteiger partial charge in [-0.25, -0.2) is 9.78 Å². The maximum atomic E-state index is 14.7. The third-order valence-electron chi connectivity index (χ3n) is 16.7. The Morgan fingerprint density at radius 1 is 0.660 bits per heavy atom. The van der Waals surface area contributed by atoms with Crippen molar-refractivity contribution in [3.05, 3.63) is 125 Å². The van der Waals surface area contributed by atoms with Crippen LogP contribution in [0.25, 0.3) is 44.3 Å². The lowest BCUT2D eigenvalue weighted by Gasteiger charge is -2.27. The second-order valence-electron chi connectivity index (χ2n) is 25.5.